The molecule has 0 saturated carbocycles. The lowest BCUT2D eigenvalue weighted by Crippen LogP contribution is -2.23. The van der Waals surface area contributed by atoms with Gasteiger partial charge in [0.1, 0.15) is 18.6 Å². The molecule has 2 atom stereocenters. The Morgan fingerprint density at radius 3 is 2.79 bits per heavy atom. The molecule has 1 aliphatic rings. The lowest BCUT2D eigenvalue weighted by atomic mass is 10.0. The van der Waals surface area contributed by atoms with E-state index in [1.807, 2.05) is 53.4 Å². The molecule has 0 bridgehead atoms. The van der Waals surface area contributed by atoms with Gasteiger partial charge in [-0.1, -0.05) is 42.5 Å². The van der Waals surface area contributed by atoms with Crippen LogP contribution in [0.1, 0.15) is 23.6 Å². The third kappa shape index (κ3) is 4.50. The molecule has 0 aliphatic carbocycles. The van der Waals surface area contributed by atoms with E-state index in [4.69, 9.17) is 4.74 Å². The fourth-order valence-corrected chi connectivity index (χ4v) is 4.21. The van der Waals surface area contributed by atoms with Crippen LogP contribution in [0.2, 0.25) is 0 Å². The second-order valence-corrected chi connectivity index (χ2v) is 8.02. The van der Waals surface area contributed by atoms with E-state index in [0.29, 0.717) is 11.2 Å². The zero-order valence-corrected chi connectivity index (χ0v) is 17.7. The van der Waals surface area contributed by atoms with E-state index < -0.39 is 12.3 Å². The predicted molar refractivity (Wildman–Crippen MR) is 121 cm³/mol. The number of aromatic nitrogens is 2. The molecule has 2 unspecified atom stereocenters. The van der Waals surface area contributed by atoms with Crippen molar-refractivity contribution in [3.8, 4) is 0 Å². The van der Waals surface area contributed by atoms with Gasteiger partial charge in [0.2, 0.25) is 0 Å². The van der Waals surface area contributed by atoms with Crippen molar-refractivity contribution in [3.63, 3.8) is 0 Å². The minimum atomic E-state index is -1.02. The van der Waals surface area contributed by atoms with E-state index in [1.54, 1.807) is 16.8 Å². The molecule has 2 aromatic carbocycles. The molecule has 8 heteroatoms. The van der Waals surface area contributed by atoms with Crippen molar-refractivity contribution in [1.29, 1.82) is 0 Å². The topological polar surface area (TPSA) is 58.9 Å². The highest BCUT2D eigenvalue weighted by Gasteiger charge is 2.33. The van der Waals surface area contributed by atoms with E-state index in [9.17, 15) is 13.6 Å². The number of hydrogen-bond donors (Lipinski definition) is 1. The van der Waals surface area contributed by atoms with Gasteiger partial charge >= 0.3 is 6.09 Å². The van der Waals surface area contributed by atoms with Crippen molar-refractivity contribution in [3.05, 3.63) is 96.1 Å². The number of pyridine rings is 1. The molecular formula is C25H22F2N4O2. The summed E-state index contributed by atoms with van der Waals surface area (Å²) in [6.07, 6.45) is 1.95. The van der Waals surface area contributed by atoms with Gasteiger partial charge in [-0.05, 0) is 35.4 Å². The van der Waals surface area contributed by atoms with Crippen LogP contribution in [0.15, 0.2) is 79.1 Å². The maximum absolute atomic E-state index is 14.4. The third-order valence-electron chi connectivity index (χ3n) is 5.77. The first-order chi connectivity index (χ1) is 16.1. The molecular weight excluding hydrogens is 426 g/mol. The number of fused-ring (bicyclic) bond motifs is 1. The zero-order chi connectivity index (χ0) is 22.8. The molecule has 2 aromatic heterocycles. The molecule has 1 fully saturated rings. The summed E-state index contributed by atoms with van der Waals surface area (Å²) in [5.41, 5.74) is 3.50. The Morgan fingerprint density at radius 2 is 1.97 bits per heavy atom. The van der Waals surface area contributed by atoms with Gasteiger partial charge in [0.05, 0.1) is 23.4 Å². The molecule has 4 aromatic rings. The number of amides is 1. The maximum Gasteiger partial charge on any atom is 0.412 e. The zero-order valence-electron chi connectivity index (χ0n) is 17.7. The highest BCUT2D eigenvalue weighted by Crippen LogP contribution is 2.38. The van der Waals surface area contributed by atoms with Crippen LogP contribution in [0.25, 0.3) is 5.52 Å². The minimum absolute atomic E-state index is 0.151. The summed E-state index contributed by atoms with van der Waals surface area (Å²) >= 11 is 0. The molecule has 1 saturated heterocycles. The summed E-state index contributed by atoms with van der Waals surface area (Å²) in [6.45, 7) is 0.353. The number of ether oxygens (including phenoxy) is 1. The molecule has 0 spiro atoms. The second kappa shape index (κ2) is 8.90. The monoisotopic (exact) mass is 448 g/mol. The fourth-order valence-electron chi connectivity index (χ4n) is 4.21. The van der Waals surface area contributed by atoms with Crippen molar-refractivity contribution >= 4 is 23.0 Å². The smallest absolute Gasteiger partial charge is 0.412 e. The van der Waals surface area contributed by atoms with Gasteiger partial charge in [-0.3, -0.25) is 5.32 Å². The highest BCUT2D eigenvalue weighted by molar-refractivity contribution is 5.91. The van der Waals surface area contributed by atoms with Gasteiger partial charge in [-0.2, -0.15) is 5.10 Å². The van der Waals surface area contributed by atoms with Crippen LogP contribution >= 0.6 is 0 Å². The summed E-state index contributed by atoms with van der Waals surface area (Å²) in [5, 5.41) is 6.99. The van der Waals surface area contributed by atoms with Crippen LogP contribution < -0.4 is 10.2 Å². The molecule has 5 rings (SSSR count). The van der Waals surface area contributed by atoms with Crippen LogP contribution in [-0.2, 0) is 11.3 Å². The number of nitrogens with one attached hydrogen (secondary N) is 1. The first kappa shape index (κ1) is 20.9. The first-order valence-electron chi connectivity index (χ1n) is 10.7. The van der Waals surface area contributed by atoms with Gasteiger partial charge in [0.25, 0.3) is 0 Å². The highest BCUT2D eigenvalue weighted by atomic mass is 19.1. The molecule has 3 heterocycles. The summed E-state index contributed by atoms with van der Waals surface area (Å²) < 4.78 is 35.1. The normalized spacial score (nSPS) is 17.9. The molecule has 1 amide bonds. The average molecular weight is 448 g/mol. The number of carbonyl (C=O) groups excluding carboxylic acids is 1. The van der Waals surface area contributed by atoms with E-state index in [1.165, 1.54) is 18.3 Å². The Balaban J connectivity index is 1.37. The van der Waals surface area contributed by atoms with E-state index >= 15 is 0 Å². The molecule has 1 N–H and O–H groups in total. The van der Waals surface area contributed by atoms with Crippen LogP contribution in [-0.4, -0.2) is 28.4 Å². The van der Waals surface area contributed by atoms with E-state index in [2.05, 4.69) is 10.4 Å². The Hall–Kier alpha value is -3.94. The number of halogens is 2. The van der Waals surface area contributed by atoms with Crippen LogP contribution in [0, 0.1) is 5.82 Å². The van der Waals surface area contributed by atoms with Gasteiger partial charge in [-0.15, -0.1) is 0 Å². The van der Waals surface area contributed by atoms with Gasteiger partial charge in [0, 0.05) is 24.8 Å². The lowest BCUT2D eigenvalue weighted by molar-refractivity contribution is 0.155. The third-order valence-corrected chi connectivity index (χ3v) is 5.77. The lowest BCUT2D eigenvalue weighted by Gasteiger charge is -2.27. The average Bonchev–Trinajstić information content (AvgIpc) is 3.41. The Labute approximate surface area is 189 Å². The molecule has 1 aliphatic heterocycles. The summed E-state index contributed by atoms with van der Waals surface area (Å²) in [4.78, 5) is 14.2. The summed E-state index contributed by atoms with van der Waals surface area (Å²) in [6, 6.07) is 19.1. The largest absolute Gasteiger partial charge is 0.444 e. The number of alkyl halides is 1. The first-order valence-corrected chi connectivity index (χ1v) is 10.7. The number of rotatable bonds is 5. The van der Waals surface area contributed by atoms with Crippen molar-refractivity contribution < 1.29 is 18.3 Å². The Kier molecular flexibility index (Phi) is 5.64. The number of nitrogens with zero attached hydrogens (tertiary/aromatic N) is 3. The van der Waals surface area contributed by atoms with E-state index in [-0.39, 0.29) is 31.4 Å². The number of carbonyl (C=O) groups is 1. The Bertz CT molecular complexity index is 1280. The van der Waals surface area contributed by atoms with Crippen molar-refractivity contribution in [1.82, 2.24) is 9.61 Å². The van der Waals surface area contributed by atoms with Crippen LogP contribution in [0.5, 0.6) is 0 Å². The molecule has 168 valence electrons. The Morgan fingerprint density at radius 1 is 1.12 bits per heavy atom. The molecule has 6 nitrogen and oxygen atoms in total. The van der Waals surface area contributed by atoms with Crippen LogP contribution in [0.3, 0.4) is 0 Å². The SMILES string of the molecule is O=C(Nc1cnn2ccc(N3CC(F)CC3c3cccc(F)c3)cc12)OCc1ccccc1. The number of anilines is 2. The van der Waals surface area contributed by atoms with Gasteiger partial charge in [0.15, 0.2) is 0 Å². The maximum atomic E-state index is 14.4. The minimum Gasteiger partial charge on any atom is -0.444 e. The number of benzene rings is 2. The van der Waals surface area contributed by atoms with Crippen molar-refractivity contribution in [2.24, 2.45) is 0 Å². The second-order valence-electron chi connectivity index (χ2n) is 8.02. The summed E-state index contributed by atoms with van der Waals surface area (Å²) in [7, 11) is 0. The molecule has 33 heavy (non-hydrogen) atoms. The van der Waals surface area contributed by atoms with E-state index in [0.717, 1.165) is 16.8 Å². The van der Waals surface area contributed by atoms with Crippen LogP contribution in [0.4, 0.5) is 25.0 Å². The quantitative estimate of drug-likeness (QED) is 0.437. The summed E-state index contributed by atoms with van der Waals surface area (Å²) in [5.74, 6) is -0.346. The van der Waals surface area contributed by atoms with Gasteiger partial charge in [-0.25, -0.2) is 18.1 Å². The van der Waals surface area contributed by atoms with Crippen molar-refractivity contribution in [2.75, 3.05) is 16.8 Å². The van der Waals surface area contributed by atoms with Gasteiger partial charge < -0.3 is 9.64 Å². The standard InChI is InChI=1S/C25H22F2N4O2/c26-19-8-4-7-18(11-19)23-12-20(27)15-30(23)21-9-10-31-24(13-21)22(14-28-31)29-25(32)33-16-17-5-2-1-3-6-17/h1-11,13-14,20,23H,12,15-16H2,(H,29,32). The number of hydrogen-bond acceptors (Lipinski definition) is 4. The fraction of sp³-hybridized carbons (Fsp3) is 0.200. The predicted octanol–water partition coefficient (Wildman–Crippen LogP) is 5.51. The van der Waals surface area contributed by atoms with Crippen molar-refractivity contribution in [2.45, 2.75) is 25.2 Å². The molecule has 0 radical (unpaired) electrons.